The Morgan fingerprint density at radius 2 is 2.12 bits per heavy atom. The van der Waals surface area contributed by atoms with Gasteiger partial charge in [-0.2, -0.15) is 0 Å². The van der Waals surface area contributed by atoms with E-state index >= 15 is 0 Å². The molecular weight excluding hydrogens is 212 g/mol. The number of nitrogens with two attached hydrogens (primary N) is 1. The maximum absolute atomic E-state index is 6.08. The minimum atomic E-state index is 0.358. The summed E-state index contributed by atoms with van der Waals surface area (Å²) in [5.41, 5.74) is 7.21. The van der Waals surface area contributed by atoms with Gasteiger partial charge in [-0.1, -0.05) is 6.92 Å². The van der Waals surface area contributed by atoms with Gasteiger partial charge in [-0.05, 0) is 32.1 Å². The van der Waals surface area contributed by atoms with Gasteiger partial charge in [-0.15, -0.1) is 0 Å². The molecule has 1 aliphatic heterocycles. The SMILES string of the molecule is Cc1cn(C2CC2)c(N2CCC(N)C(C)C2)n1. The highest BCUT2D eigenvalue weighted by Gasteiger charge is 2.31. The summed E-state index contributed by atoms with van der Waals surface area (Å²) in [4.78, 5) is 7.12. The monoisotopic (exact) mass is 234 g/mol. The molecule has 1 saturated carbocycles. The van der Waals surface area contributed by atoms with E-state index in [0.29, 0.717) is 18.0 Å². The van der Waals surface area contributed by atoms with Gasteiger partial charge in [-0.25, -0.2) is 4.98 Å². The molecule has 2 aliphatic rings. The van der Waals surface area contributed by atoms with Crippen LogP contribution in [-0.4, -0.2) is 28.7 Å². The summed E-state index contributed by atoms with van der Waals surface area (Å²) in [6, 6.07) is 1.06. The largest absolute Gasteiger partial charge is 0.342 e. The number of hydrogen-bond donors (Lipinski definition) is 1. The second-order valence-electron chi connectivity index (χ2n) is 5.70. The van der Waals surface area contributed by atoms with Crippen molar-refractivity contribution in [2.24, 2.45) is 11.7 Å². The second kappa shape index (κ2) is 4.02. The Morgan fingerprint density at radius 1 is 1.35 bits per heavy atom. The molecule has 1 aliphatic carbocycles. The van der Waals surface area contributed by atoms with Crippen molar-refractivity contribution in [3.05, 3.63) is 11.9 Å². The highest BCUT2D eigenvalue weighted by atomic mass is 15.3. The molecule has 0 aromatic carbocycles. The van der Waals surface area contributed by atoms with E-state index in [2.05, 4.69) is 29.5 Å². The van der Waals surface area contributed by atoms with E-state index in [0.717, 1.165) is 25.2 Å². The highest BCUT2D eigenvalue weighted by molar-refractivity contribution is 5.36. The lowest BCUT2D eigenvalue weighted by molar-refractivity contribution is 0.377. The predicted molar refractivity (Wildman–Crippen MR) is 69.2 cm³/mol. The molecule has 4 nitrogen and oxygen atoms in total. The van der Waals surface area contributed by atoms with Crippen molar-refractivity contribution in [3.8, 4) is 0 Å². The molecule has 3 rings (SSSR count). The van der Waals surface area contributed by atoms with Gasteiger partial charge in [0.1, 0.15) is 0 Å². The number of piperidine rings is 1. The van der Waals surface area contributed by atoms with Gasteiger partial charge < -0.3 is 15.2 Å². The highest BCUT2D eigenvalue weighted by Crippen LogP contribution is 2.38. The van der Waals surface area contributed by atoms with Crippen LogP contribution in [0.25, 0.3) is 0 Å². The molecule has 2 N–H and O–H groups in total. The average molecular weight is 234 g/mol. The van der Waals surface area contributed by atoms with E-state index in [4.69, 9.17) is 10.7 Å². The Labute approximate surface area is 103 Å². The molecule has 0 bridgehead atoms. The van der Waals surface area contributed by atoms with Crippen LogP contribution in [0.2, 0.25) is 0 Å². The fourth-order valence-electron chi connectivity index (χ4n) is 2.70. The zero-order valence-electron chi connectivity index (χ0n) is 10.8. The van der Waals surface area contributed by atoms with Crippen LogP contribution >= 0.6 is 0 Å². The van der Waals surface area contributed by atoms with Crippen LogP contribution in [0.3, 0.4) is 0 Å². The van der Waals surface area contributed by atoms with Crippen molar-refractivity contribution in [3.63, 3.8) is 0 Å². The molecule has 1 saturated heterocycles. The fourth-order valence-corrected chi connectivity index (χ4v) is 2.70. The molecule has 0 spiro atoms. The molecule has 4 heteroatoms. The number of hydrogen-bond acceptors (Lipinski definition) is 3. The normalized spacial score (nSPS) is 29.7. The number of rotatable bonds is 2. The van der Waals surface area contributed by atoms with Gasteiger partial charge in [-0.3, -0.25) is 0 Å². The molecule has 2 heterocycles. The topological polar surface area (TPSA) is 47.1 Å². The van der Waals surface area contributed by atoms with Crippen molar-refractivity contribution < 1.29 is 0 Å². The van der Waals surface area contributed by atoms with Crippen LogP contribution in [0.15, 0.2) is 6.20 Å². The lowest BCUT2D eigenvalue weighted by Crippen LogP contribution is -2.46. The first-order chi connectivity index (χ1) is 8.15. The first-order valence-corrected chi connectivity index (χ1v) is 6.71. The molecular formula is C13H22N4. The molecule has 1 aromatic heterocycles. The smallest absolute Gasteiger partial charge is 0.205 e. The van der Waals surface area contributed by atoms with Gasteiger partial charge in [0.15, 0.2) is 0 Å². The van der Waals surface area contributed by atoms with Crippen LogP contribution in [0.4, 0.5) is 5.95 Å². The first-order valence-electron chi connectivity index (χ1n) is 6.71. The van der Waals surface area contributed by atoms with E-state index in [1.54, 1.807) is 0 Å². The summed E-state index contributed by atoms with van der Waals surface area (Å²) in [7, 11) is 0. The molecule has 0 radical (unpaired) electrons. The molecule has 0 amide bonds. The summed E-state index contributed by atoms with van der Waals surface area (Å²) in [5.74, 6) is 1.73. The maximum atomic E-state index is 6.08. The summed E-state index contributed by atoms with van der Waals surface area (Å²) >= 11 is 0. The number of aromatic nitrogens is 2. The fraction of sp³-hybridized carbons (Fsp3) is 0.769. The van der Waals surface area contributed by atoms with E-state index < -0.39 is 0 Å². The third kappa shape index (κ3) is 2.06. The lowest BCUT2D eigenvalue weighted by Gasteiger charge is -2.35. The molecule has 17 heavy (non-hydrogen) atoms. The Bertz CT molecular complexity index is 408. The van der Waals surface area contributed by atoms with Crippen molar-refractivity contribution in [1.29, 1.82) is 0 Å². The quantitative estimate of drug-likeness (QED) is 0.847. The third-order valence-corrected chi connectivity index (χ3v) is 4.03. The Balaban J connectivity index is 1.83. The van der Waals surface area contributed by atoms with Crippen molar-refractivity contribution in [2.75, 3.05) is 18.0 Å². The van der Waals surface area contributed by atoms with Crippen molar-refractivity contribution >= 4 is 5.95 Å². The first kappa shape index (κ1) is 11.1. The summed E-state index contributed by atoms with van der Waals surface area (Å²) < 4.78 is 2.37. The molecule has 2 fully saturated rings. The number of aryl methyl sites for hydroxylation is 1. The van der Waals surface area contributed by atoms with Crippen LogP contribution in [-0.2, 0) is 0 Å². The zero-order chi connectivity index (χ0) is 12.0. The van der Waals surface area contributed by atoms with E-state index in [9.17, 15) is 0 Å². The second-order valence-corrected chi connectivity index (χ2v) is 5.70. The van der Waals surface area contributed by atoms with E-state index in [-0.39, 0.29) is 0 Å². The zero-order valence-corrected chi connectivity index (χ0v) is 10.8. The maximum Gasteiger partial charge on any atom is 0.205 e. The standard InChI is InChI=1S/C13H22N4/c1-9-7-16(6-5-12(9)14)13-15-10(2)8-17(13)11-3-4-11/h8-9,11-12H,3-7,14H2,1-2H3. The minimum Gasteiger partial charge on any atom is -0.342 e. The average Bonchev–Trinajstić information content (AvgIpc) is 3.06. The number of imidazole rings is 1. The lowest BCUT2D eigenvalue weighted by atomic mass is 9.95. The number of nitrogens with zero attached hydrogens (tertiary/aromatic N) is 3. The van der Waals surface area contributed by atoms with Gasteiger partial charge >= 0.3 is 0 Å². The minimum absolute atomic E-state index is 0.358. The number of anilines is 1. The van der Waals surface area contributed by atoms with Crippen molar-refractivity contribution in [2.45, 2.75) is 45.2 Å². The summed E-state index contributed by atoms with van der Waals surface area (Å²) in [5, 5.41) is 0. The van der Waals surface area contributed by atoms with Crippen LogP contribution in [0.5, 0.6) is 0 Å². The molecule has 2 atom stereocenters. The molecule has 1 aromatic rings. The Morgan fingerprint density at radius 3 is 2.76 bits per heavy atom. The van der Waals surface area contributed by atoms with E-state index in [1.165, 1.54) is 18.8 Å². The van der Waals surface area contributed by atoms with Crippen LogP contribution in [0, 0.1) is 12.8 Å². The van der Waals surface area contributed by atoms with Crippen molar-refractivity contribution in [1.82, 2.24) is 9.55 Å². The van der Waals surface area contributed by atoms with Gasteiger partial charge in [0, 0.05) is 31.4 Å². The van der Waals surface area contributed by atoms with Gasteiger partial charge in [0.25, 0.3) is 0 Å². The summed E-state index contributed by atoms with van der Waals surface area (Å²) in [6.45, 7) is 6.43. The molecule has 2 unspecified atom stereocenters. The molecule has 94 valence electrons. The van der Waals surface area contributed by atoms with Crippen LogP contribution in [0.1, 0.15) is 37.9 Å². The Kier molecular flexibility index (Phi) is 2.62. The third-order valence-electron chi connectivity index (χ3n) is 4.03. The van der Waals surface area contributed by atoms with Crippen LogP contribution < -0.4 is 10.6 Å². The van der Waals surface area contributed by atoms with Gasteiger partial charge in [0.2, 0.25) is 5.95 Å². The Hall–Kier alpha value is -1.03. The summed E-state index contributed by atoms with van der Waals surface area (Å²) in [6.07, 6.45) is 5.90. The van der Waals surface area contributed by atoms with E-state index in [1.807, 2.05) is 0 Å². The van der Waals surface area contributed by atoms with Gasteiger partial charge in [0.05, 0.1) is 5.69 Å². The predicted octanol–water partition coefficient (Wildman–Crippen LogP) is 1.70.